The Balaban J connectivity index is 2.16. The minimum atomic E-state index is -4.48. The molecule has 2 N–H and O–H groups in total. The van der Waals surface area contributed by atoms with Crippen molar-refractivity contribution in [2.24, 2.45) is 0 Å². The predicted octanol–water partition coefficient (Wildman–Crippen LogP) is 3.34. The Kier molecular flexibility index (Phi) is 6.18. The van der Waals surface area contributed by atoms with E-state index in [0.717, 1.165) is 35.4 Å². The van der Waals surface area contributed by atoms with Gasteiger partial charge in [-0.25, -0.2) is 13.1 Å². The van der Waals surface area contributed by atoms with Crippen molar-refractivity contribution in [1.29, 1.82) is 0 Å². The van der Waals surface area contributed by atoms with E-state index in [4.69, 9.17) is 4.74 Å². The maximum Gasteiger partial charge on any atom is 0.416 e. The van der Waals surface area contributed by atoms with Crippen molar-refractivity contribution in [2.45, 2.75) is 31.0 Å². The highest BCUT2D eigenvalue weighted by atomic mass is 32.2. The summed E-state index contributed by atoms with van der Waals surface area (Å²) in [4.78, 5) is -0.0762. The van der Waals surface area contributed by atoms with Crippen molar-refractivity contribution in [2.75, 3.05) is 13.7 Å². The van der Waals surface area contributed by atoms with Crippen LogP contribution >= 0.6 is 0 Å². The third-order valence-corrected chi connectivity index (χ3v) is 5.60. The first-order valence-electron chi connectivity index (χ1n) is 7.96. The van der Waals surface area contributed by atoms with Crippen molar-refractivity contribution in [3.05, 3.63) is 58.7 Å². The normalized spacial score (nSPS) is 13.4. The van der Waals surface area contributed by atoms with Gasteiger partial charge in [-0.05, 0) is 54.8 Å². The lowest BCUT2D eigenvalue weighted by Crippen LogP contribution is -2.29. The molecule has 0 bridgehead atoms. The van der Waals surface area contributed by atoms with Crippen molar-refractivity contribution in [3.63, 3.8) is 0 Å². The number of hydrogen-bond donors (Lipinski definition) is 2. The van der Waals surface area contributed by atoms with Gasteiger partial charge in [0.1, 0.15) is 10.6 Å². The van der Waals surface area contributed by atoms with Crippen LogP contribution in [0, 0.1) is 13.8 Å². The Morgan fingerprint density at radius 2 is 1.67 bits per heavy atom. The molecule has 0 radical (unpaired) electrons. The zero-order valence-corrected chi connectivity index (χ0v) is 15.8. The Labute approximate surface area is 155 Å². The highest BCUT2D eigenvalue weighted by Gasteiger charge is 2.30. The number of methoxy groups -OCH3 is 1. The van der Waals surface area contributed by atoms with Gasteiger partial charge < -0.3 is 9.84 Å². The second-order valence-corrected chi connectivity index (χ2v) is 7.81. The summed E-state index contributed by atoms with van der Waals surface area (Å²) in [5.41, 5.74) is 0.923. The number of benzene rings is 2. The number of nitrogens with one attached hydrogen (secondary N) is 1. The van der Waals surface area contributed by atoms with Gasteiger partial charge in [-0.15, -0.1) is 0 Å². The van der Waals surface area contributed by atoms with Crippen LogP contribution in [0.5, 0.6) is 5.75 Å². The zero-order chi connectivity index (χ0) is 20.4. The Morgan fingerprint density at radius 3 is 2.19 bits per heavy atom. The second kappa shape index (κ2) is 7.87. The molecule has 0 aliphatic rings. The summed E-state index contributed by atoms with van der Waals surface area (Å²) < 4.78 is 70.2. The lowest BCUT2D eigenvalue weighted by atomic mass is 10.1. The minimum absolute atomic E-state index is 0.0762. The fourth-order valence-corrected chi connectivity index (χ4v) is 3.68. The van der Waals surface area contributed by atoms with E-state index in [1.54, 1.807) is 13.0 Å². The molecule has 5 nitrogen and oxygen atoms in total. The summed E-state index contributed by atoms with van der Waals surface area (Å²) in [6, 6.07) is 6.94. The van der Waals surface area contributed by atoms with E-state index < -0.39 is 34.4 Å². The number of hydrogen-bond acceptors (Lipinski definition) is 4. The molecular formula is C18H20F3NO4S. The molecule has 148 valence electrons. The van der Waals surface area contributed by atoms with Gasteiger partial charge in [0.15, 0.2) is 0 Å². The van der Waals surface area contributed by atoms with E-state index in [0.29, 0.717) is 0 Å². The van der Waals surface area contributed by atoms with Gasteiger partial charge in [0.25, 0.3) is 0 Å². The van der Waals surface area contributed by atoms with E-state index in [1.807, 2.05) is 6.92 Å². The molecule has 2 aromatic carbocycles. The first kappa shape index (κ1) is 21.2. The summed E-state index contributed by atoms with van der Waals surface area (Å²) in [5.74, 6) is 0.162. The highest BCUT2D eigenvalue weighted by Crippen LogP contribution is 2.30. The highest BCUT2D eigenvalue weighted by molar-refractivity contribution is 7.89. The number of ether oxygens (including phenoxy) is 1. The minimum Gasteiger partial charge on any atom is -0.495 e. The fraction of sp³-hybridized carbons (Fsp3) is 0.333. The van der Waals surface area contributed by atoms with Crippen LogP contribution in [0.2, 0.25) is 0 Å². The Bertz CT molecular complexity index is 909. The van der Waals surface area contributed by atoms with Crippen LogP contribution in [-0.4, -0.2) is 27.2 Å². The molecule has 1 unspecified atom stereocenters. The van der Waals surface area contributed by atoms with E-state index in [9.17, 15) is 26.7 Å². The van der Waals surface area contributed by atoms with Crippen LogP contribution in [-0.2, 0) is 16.2 Å². The predicted molar refractivity (Wildman–Crippen MR) is 94.1 cm³/mol. The van der Waals surface area contributed by atoms with E-state index in [1.165, 1.54) is 13.2 Å². The SMILES string of the molecule is COc1cc(C)c(C)cc1S(=O)(=O)NCC(O)c1ccc(C(F)(F)F)cc1. The van der Waals surface area contributed by atoms with E-state index in [-0.39, 0.29) is 16.2 Å². The third kappa shape index (κ3) is 5.00. The van der Waals surface area contributed by atoms with E-state index >= 15 is 0 Å². The fourth-order valence-electron chi connectivity index (χ4n) is 2.41. The maximum absolute atomic E-state index is 12.6. The molecule has 0 saturated carbocycles. The molecule has 0 aliphatic carbocycles. The average molecular weight is 403 g/mol. The third-order valence-electron chi connectivity index (χ3n) is 4.16. The van der Waals surface area contributed by atoms with Gasteiger partial charge >= 0.3 is 6.18 Å². The molecule has 0 saturated heterocycles. The van der Waals surface area contributed by atoms with Crippen LogP contribution in [0.3, 0.4) is 0 Å². The van der Waals surface area contributed by atoms with Gasteiger partial charge in [-0.3, -0.25) is 0 Å². The van der Waals surface area contributed by atoms with Gasteiger partial charge in [-0.2, -0.15) is 13.2 Å². The van der Waals surface area contributed by atoms with Crippen LogP contribution in [0.1, 0.15) is 28.4 Å². The first-order chi connectivity index (χ1) is 12.5. The van der Waals surface area contributed by atoms with E-state index in [2.05, 4.69) is 4.72 Å². The van der Waals surface area contributed by atoms with Gasteiger partial charge in [0.05, 0.1) is 18.8 Å². The summed E-state index contributed by atoms with van der Waals surface area (Å²) in [5, 5.41) is 10.1. The number of sulfonamides is 1. The number of aliphatic hydroxyl groups excluding tert-OH is 1. The lowest BCUT2D eigenvalue weighted by molar-refractivity contribution is -0.137. The molecule has 9 heteroatoms. The number of aliphatic hydroxyl groups is 1. The van der Waals surface area contributed by atoms with Gasteiger partial charge in [0.2, 0.25) is 10.0 Å². The lowest BCUT2D eigenvalue weighted by Gasteiger charge is -2.16. The summed E-state index contributed by atoms with van der Waals surface area (Å²) in [6.45, 7) is 3.17. The van der Waals surface area contributed by atoms with Crippen molar-refractivity contribution in [1.82, 2.24) is 4.72 Å². The smallest absolute Gasteiger partial charge is 0.416 e. The molecule has 0 heterocycles. The standard InChI is InChI=1S/C18H20F3NO4S/c1-11-8-16(26-3)17(9-12(11)2)27(24,25)22-10-15(23)13-4-6-14(7-5-13)18(19,20)21/h4-9,15,22-23H,10H2,1-3H3. The van der Waals surface area contributed by atoms with Crippen molar-refractivity contribution < 1.29 is 31.4 Å². The number of alkyl halides is 3. The average Bonchev–Trinajstić information content (AvgIpc) is 2.61. The second-order valence-electron chi connectivity index (χ2n) is 6.07. The van der Waals surface area contributed by atoms with Gasteiger partial charge in [-0.1, -0.05) is 12.1 Å². The largest absolute Gasteiger partial charge is 0.495 e. The monoisotopic (exact) mass is 403 g/mol. The molecule has 1 atom stereocenters. The molecule has 27 heavy (non-hydrogen) atoms. The zero-order valence-electron chi connectivity index (χ0n) is 15.0. The van der Waals surface area contributed by atoms with Crippen molar-refractivity contribution >= 4 is 10.0 Å². The van der Waals surface area contributed by atoms with Crippen molar-refractivity contribution in [3.8, 4) is 5.75 Å². The quantitative estimate of drug-likeness (QED) is 0.776. The Morgan fingerprint density at radius 1 is 1.11 bits per heavy atom. The molecule has 0 aromatic heterocycles. The molecule has 2 aromatic rings. The number of rotatable bonds is 6. The topological polar surface area (TPSA) is 75.6 Å². The summed E-state index contributed by atoms with van der Waals surface area (Å²) >= 11 is 0. The Hall–Kier alpha value is -2.10. The molecule has 0 fully saturated rings. The number of aryl methyl sites for hydroxylation is 2. The molecular weight excluding hydrogens is 383 g/mol. The maximum atomic E-state index is 12.6. The molecule has 0 spiro atoms. The summed E-state index contributed by atoms with van der Waals surface area (Å²) in [7, 11) is -2.64. The first-order valence-corrected chi connectivity index (χ1v) is 9.44. The molecule has 0 aliphatic heterocycles. The van der Waals surface area contributed by atoms with Gasteiger partial charge in [0, 0.05) is 6.54 Å². The summed E-state index contributed by atoms with van der Waals surface area (Å²) in [6.07, 6.45) is -5.79. The van der Waals surface area contributed by atoms with Crippen LogP contribution in [0.4, 0.5) is 13.2 Å². The molecule has 0 amide bonds. The van der Waals surface area contributed by atoms with Crippen LogP contribution < -0.4 is 9.46 Å². The van der Waals surface area contributed by atoms with Crippen LogP contribution in [0.15, 0.2) is 41.3 Å². The molecule has 2 rings (SSSR count). The van der Waals surface area contributed by atoms with Crippen LogP contribution in [0.25, 0.3) is 0 Å². The number of halogens is 3.